The maximum atomic E-state index is 14.7. The van der Waals surface area contributed by atoms with E-state index in [1.807, 2.05) is 0 Å². The zero-order valence-corrected chi connectivity index (χ0v) is 20.5. The van der Waals surface area contributed by atoms with Crippen LogP contribution in [0.15, 0.2) is 17.0 Å². The molecule has 3 aliphatic heterocycles. The zero-order valence-electron chi connectivity index (χ0n) is 19.7. The van der Waals surface area contributed by atoms with Gasteiger partial charge in [-0.05, 0) is 43.7 Å². The number of benzene rings is 1. The van der Waals surface area contributed by atoms with Crippen molar-refractivity contribution in [3.05, 3.63) is 29.1 Å². The molecule has 0 saturated carbocycles. The van der Waals surface area contributed by atoms with Crippen molar-refractivity contribution < 1.29 is 23.5 Å². The van der Waals surface area contributed by atoms with E-state index < -0.39 is 11.9 Å². The molecule has 1 aromatic rings. The summed E-state index contributed by atoms with van der Waals surface area (Å²) in [6, 6.07) is 2.18. The molecule has 7 nitrogen and oxygen atoms in total. The number of morpholine rings is 1. The van der Waals surface area contributed by atoms with E-state index in [9.17, 15) is 18.8 Å². The van der Waals surface area contributed by atoms with E-state index in [-0.39, 0.29) is 30.6 Å². The third-order valence-electron chi connectivity index (χ3n) is 6.84. The van der Waals surface area contributed by atoms with Gasteiger partial charge in [-0.3, -0.25) is 24.6 Å². The van der Waals surface area contributed by atoms with Gasteiger partial charge in [0, 0.05) is 42.1 Å². The topological polar surface area (TPSA) is 79.0 Å². The smallest absolute Gasteiger partial charge is 0.255 e. The van der Waals surface area contributed by atoms with E-state index in [2.05, 4.69) is 10.2 Å². The first-order valence-electron chi connectivity index (χ1n) is 12.4. The Morgan fingerprint density at radius 2 is 1.76 bits per heavy atom. The molecule has 2 fully saturated rings. The number of ether oxygens (including phenoxy) is 1. The van der Waals surface area contributed by atoms with E-state index >= 15 is 0 Å². The highest BCUT2D eigenvalue weighted by Gasteiger charge is 2.40. The molecule has 1 atom stereocenters. The second kappa shape index (κ2) is 12.1. The predicted octanol–water partition coefficient (Wildman–Crippen LogP) is 3.35. The number of nitrogens with zero attached hydrogens (tertiary/aromatic N) is 2. The van der Waals surface area contributed by atoms with E-state index in [1.165, 1.54) is 54.5 Å². The third-order valence-corrected chi connectivity index (χ3v) is 8.06. The van der Waals surface area contributed by atoms with Crippen LogP contribution in [0.3, 0.4) is 0 Å². The number of carbonyl (C=O) groups is 3. The Bertz CT molecular complexity index is 906. The number of carbonyl (C=O) groups excluding carboxylic acids is 3. The Morgan fingerprint density at radius 3 is 2.53 bits per heavy atom. The van der Waals surface area contributed by atoms with Gasteiger partial charge in [0.15, 0.2) is 0 Å². The molecule has 0 aliphatic carbocycles. The largest absolute Gasteiger partial charge is 0.379 e. The summed E-state index contributed by atoms with van der Waals surface area (Å²) in [5, 5.41) is 2.30. The minimum Gasteiger partial charge on any atom is -0.379 e. The average Bonchev–Trinajstić information content (AvgIpc) is 3.16. The number of imide groups is 1. The lowest BCUT2D eigenvalue weighted by atomic mass is 10.0. The maximum Gasteiger partial charge on any atom is 0.255 e. The quantitative estimate of drug-likeness (QED) is 0.291. The van der Waals surface area contributed by atoms with Crippen LogP contribution >= 0.6 is 11.8 Å². The average molecular weight is 492 g/mol. The van der Waals surface area contributed by atoms with Crippen LogP contribution in [0.1, 0.15) is 67.3 Å². The van der Waals surface area contributed by atoms with Gasteiger partial charge in [-0.2, -0.15) is 0 Å². The van der Waals surface area contributed by atoms with Crippen molar-refractivity contribution in [2.24, 2.45) is 0 Å². The van der Waals surface area contributed by atoms with Crippen LogP contribution in [0, 0.1) is 5.82 Å². The Balaban J connectivity index is 1.20. The molecule has 0 aromatic heterocycles. The Morgan fingerprint density at radius 1 is 1.03 bits per heavy atom. The van der Waals surface area contributed by atoms with Crippen LogP contribution in [0.4, 0.5) is 4.39 Å². The molecule has 1 aromatic carbocycles. The number of nitrogens with one attached hydrogen (secondary N) is 1. The number of unbranched alkanes of at least 4 members (excludes halogenated alkanes) is 5. The van der Waals surface area contributed by atoms with Gasteiger partial charge in [0.2, 0.25) is 11.8 Å². The van der Waals surface area contributed by atoms with Crippen molar-refractivity contribution in [2.75, 3.05) is 38.6 Å². The van der Waals surface area contributed by atoms with Crippen molar-refractivity contribution in [3.8, 4) is 0 Å². The molecular weight excluding hydrogens is 457 g/mol. The summed E-state index contributed by atoms with van der Waals surface area (Å²) in [5.74, 6) is -0.539. The molecule has 9 heteroatoms. The van der Waals surface area contributed by atoms with E-state index in [0.29, 0.717) is 22.4 Å². The van der Waals surface area contributed by atoms with Gasteiger partial charge in [0.05, 0.1) is 13.2 Å². The number of halogens is 1. The molecule has 1 N–H and O–H groups in total. The second-order valence-electron chi connectivity index (χ2n) is 9.23. The van der Waals surface area contributed by atoms with E-state index in [1.54, 1.807) is 0 Å². The number of hydrogen-bond donors (Lipinski definition) is 1. The number of amides is 3. The Labute approximate surface area is 204 Å². The standard InChI is InChI=1S/C25H34FN3O4S/c26-20-8-7-18-19(17-29(25(18)32)21-9-10-22(30)27-24(21)31)23(20)34-16-6-4-2-1-3-5-11-28-12-14-33-15-13-28/h7-8,21H,1-6,9-17H2,(H,27,30,31). The van der Waals surface area contributed by atoms with Gasteiger partial charge in [-0.1, -0.05) is 25.7 Å². The molecule has 0 spiro atoms. The van der Waals surface area contributed by atoms with Gasteiger partial charge in [-0.25, -0.2) is 4.39 Å². The highest BCUT2D eigenvalue weighted by molar-refractivity contribution is 7.99. The monoisotopic (exact) mass is 491 g/mol. The lowest BCUT2D eigenvalue weighted by Crippen LogP contribution is -2.52. The molecule has 0 bridgehead atoms. The molecule has 0 radical (unpaired) electrons. The summed E-state index contributed by atoms with van der Waals surface area (Å²) >= 11 is 1.46. The molecule has 186 valence electrons. The molecular formula is C25H34FN3O4S. The summed E-state index contributed by atoms with van der Waals surface area (Å²) in [5.41, 5.74) is 1.14. The number of piperidine rings is 1. The van der Waals surface area contributed by atoms with Crippen molar-refractivity contribution in [3.63, 3.8) is 0 Å². The molecule has 34 heavy (non-hydrogen) atoms. The highest BCUT2D eigenvalue weighted by atomic mass is 32.2. The minimum atomic E-state index is -0.679. The Kier molecular flexibility index (Phi) is 8.97. The lowest BCUT2D eigenvalue weighted by molar-refractivity contribution is -0.136. The van der Waals surface area contributed by atoms with Gasteiger partial charge >= 0.3 is 0 Å². The van der Waals surface area contributed by atoms with Gasteiger partial charge in [-0.15, -0.1) is 11.8 Å². The molecule has 3 heterocycles. The summed E-state index contributed by atoms with van der Waals surface area (Å²) in [7, 11) is 0. The molecule has 3 aliphatic rings. The predicted molar refractivity (Wildman–Crippen MR) is 128 cm³/mol. The van der Waals surface area contributed by atoms with Crippen LogP contribution in [0.5, 0.6) is 0 Å². The van der Waals surface area contributed by atoms with Crippen molar-refractivity contribution in [1.29, 1.82) is 0 Å². The number of fused-ring (bicyclic) bond motifs is 1. The summed E-state index contributed by atoms with van der Waals surface area (Å²) in [6.07, 6.45) is 7.50. The summed E-state index contributed by atoms with van der Waals surface area (Å²) in [4.78, 5) is 41.1. The fourth-order valence-corrected chi connectivity index (χ4v) is 5.99. The van der Waals surface area contributed by atoms with Crippen LogP contribution in [0.2, 0.25) is 0 Å². The normalized spacial score (nSPS) is 21.1. The Hall–Kier alpha value is -1.97. The zero-order chi connectivity index (χ0) is 23.9. The van der Waals surface area contributed by atoms with Crippen molar-refractivity contribution in [2.45, 2.75) is 68.8 Å². The molecule has 3 amide bonds. The first-order valence-corrected chi connectivity index (χ1v) is 13.4. The fraction of sp³-hybridized carbons (Fsp3) is 0.640. The first-order chi connectivity index (χ1) is 16.5. The number of thioether (sulfide) groups is 1. The highest BCUT2D eigenvalue weighted by Crippen LogP contribution is 2.36. The van der Waals surface area contributed by atoms with E-state index in [4.69, 9.17) is 4.74 Å². The number of hydrogen-bond acceptors (Lipinski definition) is 6. The van der Waals surface area contributed by atoms with Crippen molar-refractivity contribution in [1.82, 2.24) is 15.1 Å². The van der Waals surface area contributed by atoms with Gasteiger partial charge < -0.3 is 9.64 Å². The van der Waals surface area contributed by atoms with Crippen LogP contribution < -0.4 is 5.32 Å². The SMILES string of the molecule is O=C1CCC(N2Cc3c(ccc(F)c3SCCCCCCCCN3CCOCC3)C2=O)C(=O)N1. The molecule has 2 saturated heterocycles. The minimum absolute atomic E-state index is 0.208. The lowest BCUT2D eigenvalue weighted by Gasteiger charge is -2.29. The van der Waals surface area contributed by atoms with Crippen LogP contribution in [-0.4, -0.2) is 72.2 Å². The van der Waals surface area contributed by atoms with E-state index in [0.717, 1.165) is 51.4 Å². The van der Waals surface area contributed by atoms with Crippen LogP contribution in [0.25, 0.3) is 0 Å². The second-order valence-corrected chi connectivity index (χ2v) is 10.3. The maximum absolute atomic E-state index is 14.7. The summed E-state index contributed by atoms with van der Waals surface area (Å²) < 4.78 is 20.0. The van der Waals surface area contributed by atoms with Gasteiger partial charge in [0.1, 0.15) is 11.9 Å². The fourth-order valence-electron chi connectivity index (χ4n) is 4.88. The van der Waals surface area contributed by atoms with Gasteiger partial charge in [0.25, 0.3) is 5.91 Å². The third kappa shape index (κ3) is 6.17. The first kappa shape index (κ1) is 25.1. The molecule has 1 unspecified atom stereocenters. The number of rotatable bonds is 11. The summed E-state index contributed by atoms with van der Waals surface area (Å²) in [6.45, 7) is 5.18. The van der Waals surface area contributed by atoms with Crippen LogP contribution in [-0.2, 0) is 20.9 Å². The van der Waals surface area contributed by atoms with Crippen molar-refractivity contribution >= 4 is 29.5 Å². The molecule has 4 rings (SSSR count).